The van der Waals surface area contributed by atoms with Crippen LogP contribution in [0.3, 0.4) is 0 Å². The molecule has 0 atom stereocenters. The molecule has 0 unspecified atom stereocenters. The van der Waals surface area contributed by atoms with Gasteiger partial charge in [0.15, 0.2) is 0 Å². The highest BCUT2D eigenvalue weighted by atomic mass is 19.1. The van der Waals surface area contributed by atoms with Gasteiger partial charge in [-0.25, -0.2) is 4.39 Å². The third kappa shape index (κ3) is 2.85. The molecule has 0 aliphatic carbocycles. The zero-order chi connectivity index (χ0) is 13.0. The van der Waals surface area contributed by atoms with Crippen LogP contribution in [-0.4, -0.2) is 13.0 Å². The molecule has 0 saturated carbocycles. The molecule has 18 heavy (non-hydrogen) atoms. The fourth-order valence-corrected chi connectivity index (χ4v) is 1.53. The van der Waals surface area contributed by atoms with E-state index in [9.17, 15) is 9.18 Å². The number of rotatable bonds is 3. The molecule has 0 bridgehead atoms. The summed E-state index contributed by atoms with van der Waals surface area (Å²) in [6.07, 6.45) is 0. The quantitative estimate of drug-likeness (QED) is 0.902. The van der Waals surface area contributed by atoms with Gasteiger partial charge < -0.3 is 10.1 Å². The highest BCUT2D eigenvalue weighted by Gasteiger charge is 2.07. The van der Waals surface area contributed by atoms with Crippen molar-refractivity contribution in [2.45, 2.75) is 0 Å². The zero-order valence-electron chi connectivity index (χ0n) is 9.81. The van der Waals surface area contributed by atoms with Gasteiger partial charge in [0.25, 0.3) is 5.91 Å². The van der Waals surface area contributed by atoms with E-state index in [1.54, 1.807) is 37.4 Å². The number of nitrogens with one attached hydrogen (secondary N) is 1. The lowest BCUT2D eigenvalue weighted by molar-refractivity contribution is 0.102. The summed E-state index contributed by atoms with van der Waals surface area (Å²) in [4.78, 5) is 11.8. The first kappa shape index (κ1) is 12.1. The molecule has 2 rings (SSSR count). The van der Waals surface area contributed by atoms with Crippen LogP contribution in [0, 0.1) is 5.82 Å². The normalized spacial score (nSPS) is 9.89. The second kappa shape index (κ2) is 5.31. The minimum atomic E-state index is -0.437. The third-order valence-corrected chi connectivity index (χ3v) is 2.41. The zero-order valence-corrected chi connectivity index (χ0v) is 9.81. The second-order valence-electron chi connectivity index (χ2n) is 3.70. The molecule has 4 heteroatoms. The van der Waals surface area contributed by atoms with Gasteiger partial charge in [0.1, 0.15) is 11.6 Å². The molecule has 0 radical (unpaired) electrons. The van der Waals surface area contributed by atoms with Gasteiger partial charge >= 0.3 is 0 Å². The maximum Gasteiger partial charge on any atom is 0.255 e. The molecular formula is C14H12FNO2. The minimum Gasteiger partial charge on any atom is -0.497 e. The van der Waals surface area contributed by atoms with Crippen molar-refractivity contribution < 1.29 is 13.9 Å². The summed E-state index contributed by atoms with van der Waals surface area (Å²) in [5.74, 6) is -0.150. The maximum absolute atomic E-state index is 13.0. The van der Waals surface area contributed by atoms with Gasteiger partial charge in [0.2, 0.25) is 0 Å². The van der Waals surface area contributed by atoms with Crippen molar-refractivity contribution >= 4 is 11.6 Å². The number of benzene rings is 2. The minimum absolute atomic E-state index is 0.276. The van der Waals surface area contributed by atoms with E-state index >= 15 is 0 Å². The first-order valence-corrected chi connectivity index (χ1v) is 5.40. The van der Waals surface area contributed by atoms with Crippen LogP contribution in [0.5, 0.6) is 5.75 Å². The van der Waals surface area contributed by atoms with Gasteiger partial charge in [-0.2, -0.15) is 0 Å². The van der Waals surface area contributed by atoms with Crippen LogP contribution in [0.25, 0.3) is 0 Å². The average molecular weight is 245 g/mol. The van der Waals surface area contributed by atoms with Crippen LogP contribution in [0.15, 0.2) is 48.5 Å². The Bertz CT molecular complexity index is 569. The van der Waals surface area contributed by atoms with E-state index in [1.165, 1.54) is 18.2 Å². The average Bonchev–Trinajstić information content (AvgIpc) is 2.39. The first-order chi connectivity index (χ1) is 8.69. The monoisotopic (exact) mass is 245 g/mol. The standard InChI is InChI=1S/C14H12FNO2/c1-18-13-7-3-6-12(9-13)16-14(17)10-4-2-5-11(15)8-10/h2-9H,1H3,(H,16,17). The van der Waals surface area contributed by atoms with E-state index in [2.05, 4.69) is 5.32 Å². The van der Waals surface area contributed by atoms with Crippen molar-refractivity contribution in [3.05, 3.63) is 59.9 Å². The lowest BCUT2D eigenvalue weighted by Gasteiger charge is -2.07. The van der Waals surface area contributed by atoms with Crippen LogP contribution in [0.1, 0.15) is 10.4 Å². The van der Waals surface area contributed by atoms with Gasteiger partial charge in [0.05, 0.1) is 7.11 Å². The Balaban J connectivity index is 2.16. The molecule has 2 aromatic carbocycles. The molecule has 0 aromatic heterocycles. The lowest BCUT2D eigenvalue weighted by Crippen LogP contribution is -2.11. The highest BCUT2D eigenvalue weighted by molar-refractivity contribution is 6.04. The molecule has 92 valence electrons. The largest absolute Gasteiger partial charge is 0.497 e. The van der Waals surface area contributed by atoms with Crippen LogP contribution < -0.4 is 10.1 Å². The summed E-state index contributed by atoms with van der Waals surface area (Å²) in [7, 11) is 1.55. The number of hydrogen-bond acceptors (Lipinski definition) is 2. The maximum atomic E-state index is 13.0. The van der Waals surface area contributed by atoms with E-state index in [4.69, 9.17) is 4.74 Å². The Morgan fingerprint density at radius 3 is 2.67 bits per heavy atom. The van der Waals surface area contributed by atoms with Gasteiger partial charge in [-0.05, 0) is 30.3 Å². The predicted molar refractivity (Wildman–Crippen MR) is 67.3 cm³/mol. The van der Waals surface area contributed by atoms with E-state index < -0.39 is 5.82 Å². The molecular weight excluding hydrogens is 233 g/mol. The number of hydrogen-bond donors (Lipinski definition) is 1. The molecule has 0 aliphatic rings. The number of halogens is 1. The van der Waals surface area contributed by atoms with Crippen molar-refractivity contribution in [2.24, 2.45) is 0 Å². The molecule has 0 fully saturated rings. The fraction of sp³-hybridized carbons (Fsp3) is 0.0714. The number of anilines is 1. The molecule has 3 nitrogen and oxygen atoms in total. The van der Waals surface area contributed by atoms with Crippen LogP contribution in [0.2, 0.25) is 0 Å². The summed E-state index contributed by atoms with van der Waals surface area (Å²) in [5, 5.41) is 2.67. The van der Waals surface area contributed by atoms with E-state index in [-0.39, 0.29) is 11.5 Å². The smallest absolute Gasteiger partial charge is 0.255 e. The van der Waals surface area contributed by atoms with Crippen molar-refractivity contribution in [2.75, 3.05) is 12.4 Å². The Hall–Kier alpha value is -2.36. The SMILES string of the molecule is COc1cccc(NC(=O)c2cccc(F)c2)c1. The third-order valence-electron chi connectivity index (χ3n) is 2.41. The van der Waals surface area contributed by atoms with Gasteiger partial charge in [-0.1, -0.05) is 12.1 Å². The Morgan fingerprint density at radius 2 is 1.94 bits per heavy atom. The van der Waals surface area contributed by atoms with Gasteiger partial charge in [-0.3, -0.25) is 4.79 Å². The molecule has 0 heterocycles. The summed E-state index contributed by atoms with van der Waals surface area (Å²) in [5.41, 5.74) is 0.876. The summed E-state index contributed by atoms with van der Waals surface area (Å²) in [6.45, 7) is 0. The van der Waals surface area contributed by atoms with E-state index in [0.717, 1.165) is 0 Å². The summed E-state index contributed by atoms with van der Waals surface area (Å²) in [6, 6.07) is 12.5. The van der Waals surface area contributed by atoms with Crippen molar-refractivity contribution in [3.63, 3.8) is 0 Å². The van der Waals surface area contributed by atoms with Crippen molar-refractivity contribution in [1.82, 2.24) is 0 Å². The van der Waals surface area contributed by atoms with E-state index in [0.29, 0.717) is 11.4 Å². The van der Waals surface area contributed by atoms with Crippen LogP contribution in [-0.2, 0) is 0 Å². The predicted octanol–water partition coefficient (Wildman–Crippen LogP) is 3.09. The summed E-state index contributed by atoms with van der Waals surface area (Å²) >= 11 is 0. The number of carbonyl (C=O) groups is 1. The number of amides is 1. The Morgan fingerprint density at radius 1 is 1.17 bits per heavy atom. The molecule has 2 aromatic rings. The van der Waals surface area contributed by atoms with Gasteiger partial charge in [-0.15, -0.1) is 0 Å². The second-order valence-corrected chi connectivity index (χ2v) is 3.70. The highest BCUT2D eigenvalue weighted by Crippen LogP contribution is 2.17. The molecule has 0 saturated heterocycles. The molecule has 0 spiro atoms. The van der Waals surface area contributed by atoms with Crippen LogP contribution >= 0.6 is 0 Å². The fourth-order valence-electron chi connectivity index (χ4n) is 1.53. The van der Waals surface area contributed by atoms with Gasteiger partial charge in [0, 0.05) is 17.3 Å². The topological polar surface area (TPSA) is 38.3 Å². The molecule has 0 aliphatic heterocycles. The number of carbonyl (C=O) groups excluding carboxylic acids is 1. The number of ether oxygens (including phenoxy) is 1. The first-order valence-electron chi connectivity index (χ1n) is 5.40. The Kier molecular flexibility index (Phi) is 3.57. The van der Waals surface area contributed by atoms with Crippen molar-refractivity contribution in [3.8, 4) is 5.75 Å². The van der Waals surface area contributed by atoms with Crippen LogP contribution in [0.4, 0.5) is 10.1 Å². The molecule has 1 N–H and O–H groups in total. The van der Waals surface area contributed by atoms with Crippen molar-refractivity contribution in [1.29, 1.82) is 0 Å². The summed E-state index contributed by atoms with van der Waals surface area (Å²) < 4.78 is 18.0. The van der Waals surface area contributed by atoms with E-state index in [1.807, 2.05) is 0 Å². The molecule has 1 amide bonds. The lowest BCUT2D eigenvalue weighted by atomic mass is 10.2. The number of methoxy groups -OCH3 is 1. The Labute approximate surface area is 104 Å².